The minimum atomic E-state index is -0.210. The van der Waals surface area contributed by atoms with Crippen LogP contribution < -0.4 is 11.1 Å². The maximum atomic E-state index is 11.7. The number of hydrogen-bond donors (Lipinski definition) is 2. The van der Waals surface area contributed by atoms with Crippen LogP contribution in [-0.2, 0) is 11.3 Å². The molecule has 1 heterocycles. The fraction of sp³-hybridized carbons (Fsp3) is 0.154. The van der Waals surface area contributed by atoms with Gasteiger partial charge in [0.1, 0.15) is 12.4 Å². The lowest BCUT2D eigenvalue weighted by molar-refractivity contribution is -0.116. The van der Waals surface area contributed by atoms with Gasteiger partial charge in [0.05, 0.1) is 0 Å². The summed E-state index contributed by atoms with van der Waals surface area (Å²) in [4.78, 5) is 22.8. The molecule has 0 saturated carbocycles. The molecule has 6 heteroatoms. The van der Waals surface area contributed by atoms with Gasteiger partial charge in [-0.2, -0.15) is 5.10 Å². The summed E-state index contributed by atoms with van der Waals surface area (Å²) < 4.78 is 1.45. The first-order valence-electron chi connectivity index (χ1n) is 5.74. The van der Waals surface area contributed by atoms with Gasteiger partial charge in [-0.25, -0.2) is 0 Å². The summed E-state index contributed by atoms with van der Waals surface area (Å²) in [6.45, 7) is 1.58. The van der Waals surface area contributed by atoms with Gasteiger partial charge in [0.25, 0.3) is 0 Å². The molecular weight excluding hydrogens is 244 g/mol. The van der Waals surface area contributed by atoms with Gasteiger partial charge in [-0.3, -0.25) is 14.3 Å². The van der Waals surface area contributed by atoms with Crippen molar-refractivity contribution in [1.29, 1.82) is 0 Å². The van der Waals surface area contributed by atoms with Crippen LogP contribution in [0.15, 0.2) is 36.5 Å². The number of nitrogen functional groups attached to an aromatic ring is 1. The third-order valence-corrected chi connectivity index (χ3v) is 2.54. The molecule has 1 amide bonds. The van der Waals surface area contributed by atoms with E-state index in [0.29, 0.717) is 17.1 Å². The van der Waals surface area contributed by atoms with Crippen molar-refractivity contribution in [3.05, 3.63) is 42.1 Å². The molecule has 1 aromatic heterocycles. The van der Waals surface area contributed by atoms with E-state index in [9.17, 15) is 9.59 Å². The summed E-state index contributed by atoms with van der Waals surface area (Å²) in [6.07, 6.45) is 1.63. The Morgan fingerprint density at radius 1 is 1.26 bits per heavy atom. The number of anilines is 2. The first-order valence-corrected chi connectivity index (χ1v) is 5.74. The number of amides is 1. The molecule has 3 N–H and O–H groups in total. The van der Waals surface area contributed by atoms with E-state index >= 15 is 0 Å². The molecule has 98 valence electrons. The Bertz CT molecular complexity index is 601. The lowest BCUT2D eigenvalue weighted by atomic mass is 10.1. The van der Waals surface area contributed by atoms with Crippen LogP contribution in [0.4, 0.5) is 11.5 Å². The molecular formula is C13H14N4O2. The largest absolute Gasteiger partial charge is 0.382 e. The van der Waals surface area contributed by atoms with E-state index in [1.54, 1.807) is 36.5 Å². The van der Waals surface area contributed by atoms with Gasteiger partial charge in [-0.1, -0.05) is 0 Å². The summed E-state index contributed by atoms with van der Waals surface area (Å²) in [6, 6.07) is 8.33. The van der Waals surface area contributed by atoms with Crippen molar-refractivity contribution in [3.8, 4) is 0 Å². The van der Waals surface area contributed by atoms with Gasteiger partial charge < -0.3 is 11.1 Å². The number of ketones is 1. The molecule has 0 saturated heterocycles. The van der Waals surface area contributed by atoms with Crippen LogP contribution in [0.3, 0.4) is 0 Å². The average molecular weight is 258 g/mol. The maximum absolute atomic E-state index is 11.7. The van der Waals surface area contributed by atoms with Crippen molar-refractivity contribution < 1.29 is 9.59 Å². The number of carbonyl (C=O) groups is 2. The van der Waals surface area contributed by atoms with Crippen molar-refractivity contribution in [2.24, 2.45) is 0 Å². The van der Waals surface area contributed by atoms with Gasteiger partial charge in [0, 0.05) is 17.4 Å². The summed E-state index contributed by atoms with van der Waals surface area (Å²) in [5.41, 5.74) is 6.70. The summed E-state index contributed by atoms with van der Waals surface area (Å²) in [7, 11) is 0. The molecule has 0 atom stereocenters. The molecule has 0 aliphatic heterocycles. The van der Waals surface area contributed by atoms with E-state index in [0.717, 1.165) is 0 Å². The van der Waals surface area contributed by atoms with Gasteiger partial charge in [0.2, 0.25) is 5.91 Å². The monoisotopic (exact) mass is 258 g/mol. The topological polar surface area (TPSA) is 90.0 Å². The zero-order chi connectivity index (χ0) is 13.8. The van der Waals surface area contributed by atoms with Gasteiger partial charge in [-0.05, 0) is 37.3 Å². The van der Waals surface area contributed by atoms with Crippen molar-refractivity contribution in [2.75, 3.05) is 11.1 Å². The Labute approximate surface area is 110 Å². The summed E-state index contributed by atoms with van der Waals surface area (Å²) in [5.74, 6) is 0.155. The number of Topliss-reactive ketones (excluding diaryl/α,β-unsaturated/α-hetero) is 1. The molecule has 2 aromatic rings. The quantitative estimate of drug-likeness (QED) is 0.809. The number of nitrogens with two attached hydrogens (primary N) is 1. The highest BCUT2D eigenvalue weighted by Crippen LogP contribution is 2.10. The van der Waals surface area contributed by atoms with Crippen LogP contribution in [-0.4, -0.2) is 21.5 Å². The van der Waals surface area contributed by atoms with Crippen molar-refractivity contribution in [1.82, 2.24) is 9.78 Å². The highest BCUT2D eigenvalue weighted by atomic mass is 16.2. The molecule has 6 nitrogen and oxygen atoms in total. The normalized spacial score (nSPS) is 10.2. The van der Waals surface area contributed by atoms with E-state index in [2.05, 4.69) is 10.4 Å². The first-order chi connectivity index (χ1) is 9.04. The Hall–Kier alpha value is -2.63. The number of nitrogens with zero attached hydrogens (tertiary/aromatic N) is 2. The lowest BCUT2D eigenvalue weighted by Gasteiger charge is -2.05. The zero-order valence-electron chi connectivity index (χ0n) is 10.5. The second-order valence-electron chi connectivity index (χ2n) is 4.12. The Kier molecular flexibility index (Phi) is 3.61. The molecule has 0 spiro atoms. The minimum Gasteiger partial charge on any atom is -0.382 e. The molecule has 2 rings (SSSR count). The van der Waals surface area contributed by atoms with Crippen molar-refractivity contribution >= 4 is 23.2 Å². The Morgan fingerprint density at radius 2 is 1.95 bits per heavy atom. The van der Waals surface area contributed by atoms with Crippen LogP contribution in [0.25, 0.3) is 0 Å². The number of carbonyl (C=O) groups excluding carboxylic acids is 2. The highest BCUT2D eigenvalue weighted by Gasteiger charge is 2.05. The summed E-state index contributed by atoms with van der Waals surface area (Å²) in [5, 5.41) is 6.63. The summed E-state index contributed by atoms with van der Waals surface area (Å²) >= 11 is 0. The van der Waals surface area contributed by atoms with E-state index in [1.165, 1.54) is 11.6 Å². The third-order valence-electron chi connectivity index (χ3n) is 2.54. The number of benzene rings is 1. The number of aromatic nitrogens is 2. The fourth-order valence-electron chi connectivity index (χ4n) is 1.60. The molecule has 0 aliphatic carbocycles. The fourth-order valence-corrected chi connectivity index (χ4v) is 1.60. The first kappa shape index (κ1) is 12.8. The lowest BCUT2D eigenvalue weighted by Crippen LogP contribution is -2.19. The van der Waals surface area contributed by atoms with E-state index in [4.69, 9.17) is 5.73 Å². The van der Waals surface area contributed by atoms with Crippen LogP contribution in [0.5, 0.6) is 0 Å². The standard InChI is InChI=1S/C13H14N4O2/c1-9(18)10-2-4-11(5-3-10)15-13(19)8-17-7-6-12(14)16-17/h2-7H,8H2,1H3,(H2,14,16)(H,15,19). The maximum Gasteiger partial charge on any atom is 0.246 e. The van der Waals surface area contributed by atoms with Crippen LogP contribution >= 0.6 is 0 Å². The van der Waals surface area contributed by atoms with Gasteiger partial charge in [0.15, 0.2) is 5.78 Å². The van der Waals surface area contributed by atoms with Crippen LogP contribution in [0, 0.1) is 0 Å². The molecule has 0 fully saturated rings. The second kappa shape index (κ2) is 5.34. The second-order valence-corrected chi connectivity index (χ2v) is 4.12. The number of nitrogens with one attached hydrogen (secondary N) is 1. The molecule has 0 bridgehead atoms. The smallest absolute Gasteiger partial charge is 0.246 e. The molecule has 0 radical (unpaired) electrons. The van der Waals surface area contributed by atoms with E-state index in [-0.39, 0.29) is 18.2 Å². The SMILES string of the molecule is CC(=O)c1ccc(NC(=O)Cn2ccc(N)n2)cc1. The van der Waals surface area contributed by atoms with E-state index in [1.807, 2.05) is 0 Å². The van der Waals surface area contributed by atoms with E-state index < -0.39 is 0 Å². The van der Waals surface area contributed by atoms with Crippen LogP contribution in [0.2, 0.25) is 0 Å². The molecule has 1 aromatic carbocycles. The van der Waals surface area contributed by atoms with Crippen molar-refractivity contribution in [3.63, 3.8) is 0 Å². The third kappa shape index (κ3) is 3.41. The van der Waals surface area contributed by atoms with Crippen LogP contribution in [0.1, 0.15) is 17.3 Å². The number of hydrogen-bond acceptors (Lipinski definition) is 4. The zero-order valence-corrected chi connectivity index (χ0v) is 10.5. The van der Waals surface area contributed by atoms with Gasteiger partial charge in [-0.15, -0.1) is 0 Å². The Balaban J connectivity index is 1.97. The number of rotatable bonds is 4. The highest BCUT2D eigenvalue weighted by molar-refractivity contribution is 5.95. The molecule has 0 unspecified atom stereocenters. The van der Waals surface area contributed by atoms with Crippen molar-refractivity contribution in [2.45, 2.75) is 13.5 Å². The predicted octanol–water partition coefficient (Wildman–Crippen LogP) is 1.31. The minimum absolute atomic E-state index is 0.00936. The predicted molar refractivity (Wildman–Crippen MR) is 71.7 cm³/mol. The Morgan fingerprint density at radius 3 is 2.47 bits per heavy atom. The van der Waals surface area contributed by atoms with Gasteiger partial charge >= 0.3 is 0 Å². The molecule has 19 heavy (non-hydrogen) atoms. The molecule has 0 aliphatic rings. The average Bonchev–Trinajstić information content (AvgIpc) is 2.75.